The molecule has 1 amide bonds. The predicted octanol–water partition coefficient (Wildman–Crippen LogP) is 4.85. The number of sulfonamides is 1. The van der Waals surface area contributed by atoms with Gasteiger partial charge in [0.2, 0.25) is 0 Å². The fourth-order valence-corrected chi connectivity index (χ4v) is 6.83. The van der Waals surface area contributed by atoms with Crippen LogP contribution in [0.4, 0.5) is 15.8 Å². The Hall–Kier alpha value is -3.83. The SMILES string of the molecule is COc1ccc(S(=O)(=O)N(C)c2ccc3sc(C(=O)N4CCN(c5ccccc5F)CC4)cc3c2)cc1OC. The van der Waals surface area contributed by atoms with Gasteiger partial charge in [0.25, 0.3) is 15.9 Å². The Kier molecular flexibility index (Phi) is 7.37. The van der Waals surface area contributed by atoms with Gasteiger partial charge in [-0.3, -0.25) is 9.10 Å². The van der Waals surface area contributed by atoms with E-state index in [1.54, 1.807) is 47.4 Å². The molecule has 0 saturated carbocycles. The molecule has 3 aromatic carbocycles. The molecule has 0 unspecified atom stereocenters. The highest BCUT2D eigenvalue weighted by atomic mass is 32.2. The van der Waals surface area contributed by atoms with E-state index >= 15 is 0 Å². The highest BCUT2D eigenvalue weighted by Gasteiger charge is 2.26. The van der Waals surface area contributed by atoms with Crippen molar-refractivity contribution in [3.63, 3.8) is 0 Å². The van der Waals surface area contributed by atoms with Crippen molar-refractivity contribution in [3.05, 3.63) is 77.4 Å². The monoisotopic (exact) mass is 569 g/mol. The average molecular weight is 570 g/mol. The van der Waals surface area contributed by atoms with Crippen LogP contribution in [0.15, 0.2) is 71.6 Å². The molecule has 8 nitrogen and oxygen atoms in total. The third-order valence-electron chi connectivity index (χ3n) is 6.85. The first kappa shape index (κ1) is 26.8. The Morgan fingerprint density at radius 1 is 0.923 bits per heavy atom. The maximum Gasteiger partial charge on any atom is 0.264 e. The second kappa shape index (κ2) is 10.7. The summed E-state index contributed by atoms with van der Waals surface area (Å²) < 4.78 is 53.4. The van der Waals surface area contributed by atoms with Crippen LogP contribution in [0.2, 0.25) is 0 Å². The fourth-order valence-electron chi connectivity index (χ4n) is 4.62. The van der Waals surface area contributed by atoms with Crippen LogP contribution in [0, 0.1) is 5.82 Å². The number of anilines is 2. The molecule has 11 heteroatoms. The maximum absolute atomic E-state index is 14.2. The van der Waals surface area contributed by atoms with E-state index in [1.807, 2.05) is 11.0 Å². The van der Waals surface area contributed by atoms with Crippen LogP contribution in [0.1, 0.15) is 9.67 Å². The lowest BCUT2D eigenvalue weighted by atomic mass is 10.2. The number of halogens is 1. The molecule has 0 radical (unpaired) electrons. The highest BCUT2D eigenvalue weighted by Crippen LogP contribution is 2.34. The van der Waals surface area contributed by atoms with Gasteiger partial charge in [0.1, 0.15) is 5.82 Å². The molecule has 0 N–H and O–H groups in total. The van der Waals surface area contributed by atoms with E-state index in [9.17, 15) is 17.6 Å². The zero-order valence-corrected chi connectivity index (χ0v) is 23.4. The number of methoxy groups -OCH3 is 2. The molecule has 1 aromatic heterocycles. The first-order valence-electron chi connectivity index (χ1n) is 12.3. The van der Waals surface area contributed by atoms with Crippen molar-refractivity contribution < 1.29 is 27.1 Å². The summed E-state index contributed by atoms with van der Waals surface area (Å²) in [5.41, 5.74) is 1.01. The third-order valence-corrected chi connectivity index (χ3v) is 9.73. The number of thiophene rings is 1. The largest absolute Gasteiger partial charge is 0.493 e. The van der Waals surface area contributed by atoms with Gasteiger partial charge in [-0.25, -0.2) is 12.8 Å². The number of carbonyl (C=O) groups excluding carboxylic acids is 1. The lowest BCUT2D eigenvalue weighted by Crippen LogP contribution is -2.48. The quantitative estimate of drug-likeness (QED) is 0.317. The van der Waals surface area contributed by atoms with Gasteiger partial charge in [-0.15, -0.1) is 11.3 Å². The molecule has 5 rings (SSSR count). The standard InChI is InChI=1S/C28H28FN3O5S2/c1-30(39(34,35)21-9-10-24(36-2)25(18-21)37-3)20-8-11-26-19(16-20)17-27(38-26)28(33)32-14-12-31(13-15-32)23-7-5-4-6-22(23)29/h4-11,16-18H,12-15H2,1-3H3. The molecule has 0 aliphatic carbocycles. The summed E-state index contributed by atoms with van der Waals surface area (Å²) in [7, 11) is 0.539. The second-order valence-electron chi connectivity index (χ2n) is 9.05. The summed E-state index contributed by atoms with van der Waals surface area (Å²) in [4.78, 5) is 17.6. The summed E-state index contributed by atoms with van der Waals surface area (Å²) in [6.07, 6.45) is 0. The number of ether oxygens (including phenoxy) is 2. The zero-order valence-electron chi connectivity index (χ0n) is 21.8. The minimum Gasteiger partial charge on any atom is -0.493 e. The molecule has 1 aliphatic heterocycles. The lowest BCUT2D eigenvalue weighted by molar-refractivity contribution is 0.0751. The Bertz CT molecular complexity index is 1630. The van der Waals surface area contributed by atoms with E-state index in [2.05, 4.69) is 0 Å². The van der Waals surface area contributed by atoms with E-state index in [1.165, 1.54) is 55.1 Å². The Labute approximate surface area is 230 Å². The number of fused-ring (bicyclic) bond motifs is 1. The fraction of sp³-hybridized carbons (Fsp3) is 0.250. The predicted molar refractivity (Wildman–Crippen MR) is 151 cm³/mol. The average Bonchev–Trinajstić information content (AvgIpc) is 3.40. The minimum absolute atomic E-state index is 0.0680. The molecule has 39 heavy (non-hydrogen) atoms. The van der Waals surface area contributed by atoms with E-state index < -0.39 is 10.0 Å². The highest BCUT2D eigenvalue weighted by molar-refractivity contribution is 7.92. The topological polar surface area (TPSA) is 79.4 Å². The number of nitrogens with zero attached hydrogens (tertiary/aromatic N) is 3. The van der Waals surface area contributed by atoms with Crippen molar-refractivity contribution in [2.45, 2.75) is 4.90 Å². The summed E-state index contributed by atoms with van der Waals surface area (Å²) in [5, 5.41) is 0.778. The van der Waals surface area contributed by atoms with Crippen LogP contribution in [-0.4, -0.2) is 66.7 Å². The molecule has 0 spiro atoms. The first-order chi connectivity index (χ1) is 18.7. The normalized spacial score (nSPS) is 13.9. The Morgan fingerprint density at radius 3 is 2.33 bits per heavy atom. The lowest BCUT2D eigenvalue weighted by Gasteiger charge is -2.36. The van der Waals surface area contributed by atoms with E-state index in [4.69, 9.17) is 9.47 Å². The second-order valence-corrected chi connectivity index (χ2v) is 12.1. The Morgan fingerprint density at radius 2 is 1.64 bits per heavy atom. The Balaban J connectivity index is 1.33. The molecule has 0 bridgehead atoms. The van der Waals surface area contributed by atoms with Crippen molar-refractivity contribution >= 4 is 48.7 Å². The summed E-state index contributed by atoms with van der Waals surface area (Å²) >= 11 is 1.37. The molecule has 0 atom stereocenters. The van der Waals surface area contributed by atoms with Gasteiger partial charge >= 0.3 is 0 Å². The van der Waals surface area contributed by atoms with E-state index in [0.717, 1.165) is 10.1 Å². The van der Waals surface area contributed by atoms with Gasteiger partial charge in [0.15, 0.2) is 11.5 Å². The molecule has 2 heterocycles. The summed E-state index contributed by atoms with van der Waals surface area (Å²) in [6.45, 7) is 2.05. The smallest absolute Gasteiger partial charge is 0.264 e. The zero-order chi connectivity index (χ0) is 27.7. The van der Waals surface area contributed by atoms with Gasteiger partial charge in [0, 0.05) is 44.0 Å². The van der Waals surface area contributed by atoms with E-state index in [0.29, 0.717) is 53.9 Å². The van der Waals surface area contributed by atoms with Crippen molar-refractivity contribution in [1.29, 1.82) is 0 Å². The van der Waals surface area contributed by atoms with Crippen LogP contribution in [0.25, 0.3) is 10.1 Å². The van der Waals surface area contributed by atoms with Crippen LogP contribution in [-0.2, 0) is 10.0 Å². The number of amides is 1. The van der Waals surface area contributed by atoms with Gasteiger partial charge in [-0.1, -0.05) is 12.1 Å². The van der Waals surface area contributed by atoms with Gasteiger partial charge < -0.3 is 19.3 Å². The van der Waals surface area contributed by atoms with Crippen molar-refractivity contribution in [2.75, 3.05) is 56.7 Å². The van der Waals surface area contributed by atoms with Crippen LogP contribution in [0.3, 0.4) is 0 Å². The number of piperazine rings is 1. The number of carbonyl (C=O) groups is 1. The molecule has 1 fully saturated rings. The molecular formula is C28H28FN3O5S2. The van der Waals surface area contributed by atoms with Crippen LogP contribution < -0.4 is 18.7 Å². The first-order valence-corrected chi connectivity index (χ1v) is 14.5. The maximum atomic E-state index is 14.2. The van der Waals surface area contributed by atoms with E-state index in [-0.39, 0.29) is 16.6 Å². The molecule has 204 valence electrons. The number of para-hydroxylation sites is 1. The number of hydrogen-bond acceptors (Lipinski definition) is 7. The van der Waals surface area contributed by atoms with Crippen LogP contribution in [0.5, 0.6) is 11.5 Å². The molecule has 4 aromatic rings. The van der Waals surface area contributed by atoms with Crippen molar-refractivity contribution in [1.82, 2.24) is 4.90 Å². The summed E-state index contributed by atoms with van der Waals surface area (Å²) in [6, 6.07) is 18.2. The minimum atomic E-state index is -3.88. The number of rotatable bonds is 7. The molecule has 1 aliphatic rings. The number of benzene rings is 3. The molecule has 1 saturated heterocycles. The summed E-state index contributed by atoms with van der Waals surface area (Å²) in [5.74, 6) is 0.399. The number of hydrogen-bond donors (Lipinski definition) is 0. The van der Waals surface area contributed by atoms with Gasteiger partial charge in [0.05, 0.1) is 35.4 Å². The van der Waals surface area contributed by atoms with Crippen molar-refractivity contribution in [2.24, 2.45) is 0 Å². The third kappa shape index (κ3) is 5.11. The van der Waals surface area contributed by atoms with Crippen molar-refractivity contribution in [3.8, 4) is 11.5 Å². The molecular weight excluding hydrogens is 541 g/mol. The van der Waals surface area contributed by atoms with Gasteiger partial charge in [-0.05, 0) is 53.9 Å². The van der Waals surface area contributed by atoms with Crippen LogP contribution >= 0.6 is 11.3 Å². The van der Waals surface area contributed by atoms with Gasteiger partial charge in [-0.2, -0.15) is 0 Å².